The normalized spacial score (nSPS) is 29.3. The fourth-order valence-corrected chi connectivity index (χ4v) is 3.53. The van der Waals surface area contributed by atoms with Gasteiger partial charge in [-0.25, -0.2) is 0 Å². The molecule has 1 saturated carbocycles. The van der Waals surface area contributed by atoms with Crippen LogP contribution in [0.5, 0.6) is 0 Å². The monoisotopic (exact) mass is 258 g/mol. The van der Waals surface area contributed by atoms with Gasteiger partial charge in [0.1, 0.15) is 0 Å². The fraction of sp³-hybridized carbons (Fsp3) is 0.647. The Morgan fingerprint density at radius 1 is 1.16 bits per heavy atom. The third-order valence-corrected chi connectivity index (χ3v) is 4.68. The maximum atomic E-state index is 5.45. The van der Waals surface area contributed by atoms with E-state index in [1.807, 2.05) is 0 Å². The summed E-state index contributed by atoms with van der Waals surface area (Å²) in [7, 11) is 0. The van der Waals surface area contributed by atoms with Gasteiger partial charge in [-0.05, 0) is 50.2 Å². The Hall–Kier alpha value is -0.860. The summed E-state index contributed by atoms with van der Waals surface area (Å²) in [5.74, 6) is 0.734. The van der Waals surface area contributed by atoms with Crippen molar-refractivity contribution in [2.45, 2.75) is 44.6 Å². The van der Waals surface area contributed by atoms with E-state index in [1.165, 1.54) is 36.8 Å². The van der Waals surface area contributed by atoms with Crippen LogP contribution in [0.3, 0.4) is 0 Å². The second-order valence-corrected chi connectivity index (χ2v) is 5.98. The van der Waals surface area contributed by atoms with Crippen LogP contribution in [0.15, 0.2) is 18.2 Å². The maximum absolute atomic E-state index is 5.45. The molecule has 19 heavy (non-hydrogen) atoms. The minimum atomic E-state index is 0.734. The summed E-state index contributed by atoms with van der Waals surface area (Å²) < 4.78 is 5.45. The molecule has 0 amide bonds. The molecule has 1 saturated heterocycles. The zero-order chi connectivity index (χ0) is 13.1. The molecule has 0 unspecified atom stereocenters. The highest BCUT2D eigenvalue weighted by Gasteiger charge is 2.27. The molecule has 1 aliphatic carbocycles. The second kappa shape index (κ2) is 6.06. The first-order valence-corrected chi connectivity index (χ1v) is 7.63. The quantitative estimate of drug-likeness (QED) is 0.808. The minimum absolute atomic E-state index is 0.734. The van der Waals surface area contributed by atoms with Gasteiger partial charge in [-0.15, -0.1) is 0 Å². The lowest BCUT2D eigenvalue weighted by Gasteiger charge is -2.38. The van der Waals surface area contributed by atoms with Crippen LogP contribution >= 0.6 is 0 Å². The van der Waals surface area contributed by atoms with Crippen LogP contribution in [-0.2, 0) is 4.74 Å². The van der Waals surface area contributed by atoms with Crippen molar-refractivity contribution in [2.75, 3.05) is 26.3 Å². The molecule has 2 aliphatic rings. The summed E-state index contributed by atoms with van der Waals surface area (Å²) in [5, 5.41) is 0. The molecule has 1 aliphatic heterocycles. The highest BCUT2D eigenvalue weighted by Crippen LogP contribution is 2.34. The number of nitrogens with zero attached hydrogens (tertiary/aromatic N) is 1. The van der Waals surface area contributed by atoms with Crippen molar-refractivity contribution in [3.8, 4) is 0 Å². The highest BCUT2D eigenvalue weighted by atomic mass is 16.5. The Morgan fingerprint density at radius 3 is 2.58 bits per heavy atom. The van der Waals surface area contributed by atoms with E-state index < -0.39 is 0 Å². The maximum Gasteiger partial charge on any atom is 0.0594 e. The number of morpholine rings is 1. The molecule has 0 bridgehead atoms. The van der Waals surface area contributed by atoms with Crippen molar-refractivity contribution in [1.82, 2.24) is 4.90 Å². The molecular formula is C17H24NO. The highest BCUT2D eigenvalue weighted by molar-refractivity contribution is 5.24. The topological polar surface area (TPSA) is 12.5 Å². The zero-order valence-electron chi connectivity index (χ0n) is 11.9. The first kappa shape index (κ1) is 13.1. The van der Waals surface area contributed by atoms with Gasteiger partial charge in [0.2, 0.25) is 0 Å². The van der Waals surface area contributed by atoms with Crippen LogP contribution in [-0.4, -0.2) is 37.2 Å². The van der Waals surface area contributed by atoms with Crippen molar-refractivity contribution < 1.29 is 4.74 Å². The lowest BCUT2D eigenvalue weighted by molar-refractivity contribution is 0.00729. The van der Waals surface area contributed by atoms with E-state index in [0.717, 1.165) is 38.3 Å². The predicted molar refractivity (Wildman–Crippen MR) is 77.4 cm³/mol. The minimum Gasteiger partial charge on any atom is -0.379 e. The van der Waals surface area contributed by atoms with Crippen molar-refractivity contribution >= 4 is 0 Å². The molecule has 0 aromatic heterocycles. The van der Waals surface area contributed by atoms with Gasteiger partial charge in [0.05, 0.1) is 13.2 Å². The molecule has 0 N–H and O–H groups in total. The Bertz CT molecular complexity index is 403. The molecule has 1 aromatic carbocycles. The van der Waals surface area contributed by atoms with E-state index in [4.69, 9.17) is 4.74 Å². The van der Waals surface area contributed by atoms with Crippen LogP contribution in [0.25, 0.3) is 0 Å². The van der Waals surface area contributed by atoms with Gasteiger partial charge in [0.15, 0.2) is 0 Å². The van der Waals surface area contributed by atoms with E-state index in [9.17, 15) is 0 Å². The van der Waals surface area contributed by atoms with Crippen LogP contribution in [0, 0.1) is 13.0 Å². The third-order valence-electron chi connectivity index (χ3n) is 4.68. The van der Waals surface area contributed by atoms with Crippen LogP contribution < -0.4 is 0 Å². The molecule has 1 heterocycles. The van der Waals surface area contributed by atoms with Gasteiger partial charge < -0.3 is 4.74 Å². The summed E-state index contributed by atoms with van der Waals surface area (Å²) in [6, 6.07) is 10.8. The average Bonchev–Trinajstić information content (AvgIpc) is 2.48. The van der Waals surface area contributed by atoms with Crippen LogP contribution in [0.2, 0.25) is 0 Å². The van der Waals surface area contributed by atoms with E-state index in [0.29, 0.717) is 0 Å². The van der Waals surface area contributed by atoms with E-state index in [-0.39, 0.29) is 0 Å². The van der Waals surface area contributed by atoms with E-state index >= 15 is 0 Å². The number of aryl methyl sites for hydroxylation is 1. The smallest absolute Gasteiger partial charge is 0.0594 e. The SMILES string of the molecule is Cc1cc[c]c(C2CCC(N3CCOCC3)CC2)c1. The number of hydrogen-bond donors (Lipinski definition) is 0. The van der Waals surface area contributed by atoms with E-state index in [2.05, 4.69) is 36.1 Å². The Kier molecular flexibility index (Phi) is 4.19. The number of rotatable bonds is 2. The molecule has 103 valence electrons. The molecular weight excluding hydrogens is 234 g/mol. The molecule has 2 nitrogen and oxygen atoms in total. The van der Waals surface area contributed by atoms with Gasteiger partial charge in [-0.3, -0.25) is 4.90 Å². The molecule has 0 spiro atoms. The van der Waals surface area contributed by atoms with Crippen molar-refractivity contribution in [1.29, 1.82) is 0 Å². The summed E-state index contributed by atoms with van der Waals surface area (Å²) in [6.45, 7) is 6.28. The predicted octanol–water partition coefficient (Wildman–Crippen LogP) is 3.15. The average molecular weight is 258 g/mol. The van der Waals surface area contributed by atoms with Crippen molar-refractivity contribution in [3.05, 3.63) is 35.4 Å². The van der Waals surface area contributed by atoms with Crippen LogP contribution in [0.1, 0.15) is 42.7 Å². The zero-order valence-corrected chi connectivity index (χ0v) is 11.9. The number of benzene rings is 1. The Balaban J connectivity index is 1.57. The fourth-order valence-electron chi connectivity index (χ4n) is 3.53. The lowest BCUT2D eigenvalue weighted by atomic mass is 9.81. The molecule has 2 heteroatoms. The molecule has 0 atom stereocenters. The summed E-state index contributed by atoms with van der Waals surface area (Å²) in [6.07, 6.45) is 5.32. The van der Waals surface area contributed by atoms with E-state index in [1.54, 1.807) is 0 Å². The van der Waals surface area contributed by atoms with Gasteiger partial charge in [-0.2, -0.15) is 0 Å². The lowest BCUT2D eigenvalue weighted by Crippen LogP contribution is -2.44. The van der Waals surface area contributed by atoms with Gasteiger partial charge in [0, 0.05) is 19.1 Å². The standard InChI is InChI=1S/C17H24NO/c1-14-3-2-4-16(13-14)15-5-7-17(8-6-15)18-9-11-19-12-10-18/h2-3,13,15,17H,5-12H2,1H3. The van der Waals surface area contributed by atoms with Gasteiger partial charge in [0.25, 0.3) is 0 Å². The molecule has 2 fully saturated rings. The summed E-state index contributed by atoms with van der Waals surface area (Å²) in [4.78, 5) is 2.64. The third kappa shape index (κ3) is 3.18. The van der Waals surface area contributed by atoms with Crippen molar-refractivity contribution in [2.24, 2.45) is 0 Å². The number of ether oxygens (including phenoxy) is 1. The number of hydrogen-bond acceptors (Lipinski definition) is 2. The largest absolute Gasteiger partial charge is 0.379 e. The second-order valence-electron chi connectivity index (χ2n) is 5.98. The summed E-state index contributed by atoms with van der Waals surface area (Å²) >= 11 is 0. The first-order chi connectivity index (χ1) is 9.33. The molecule has 1 radical (unpaired) electrons. The van der Waals surface area contributed by atoms with Gasteiger partial charge >= 0.3 is 0 Å². The summed E-state index contributed by atoms with van der Waals surface area (Å²) in [5.41, 5.74) is 2.80. The Morgan fingerprint density at radius 2 is 1.89 bits per heavy atom. The molecule has 1 aromatic rings. The first-order valence-electron chi connectivity index (χ1n) is 7.63. The van der Waals surface area contributed by atoms with Gasteiger partial charge in [-0.1, -0.05) is 23.8 Å². The Labute approximate surface area is 116 Å². The van der Waals surface area contributed by atoms with Crippen LogP contribution in [0.4, 0.5) is 0 Å². The van der Waals surface area contributed by atoms with Crippen molar-refractivity contribution in [3.63, 3.8) is 0 Å². The molecule has 3 rings (SSSR count).